The fraction of sp³-hybridized carbons (Fsp3) is 0.500. The van der Waals surface area contributed by atoms with E-state index in [9.17, 15) is 0 Å². The van der Waals surface area contributed by atoms with E-state index < -0.39 is 0 Å². The van der Waals surface area contributed by atoms with Crippen molar-refractivity contribution in [1.82, 2.24) is 5.48 Å². The van der Waals surface area contributed by atoms with Crippen LogP contribution >= 0.6 is 0 Å². The number of hydrogen-bond acceptors (Lipinski definition) is 4. The molecular weight excluding hydrogens is 84.0 g/mol. The molecule has 0 rings (SSSR count). The number of rotatable bonds is 2. The van der Waals surface area contributed by atoms with Crippen molar-refractivity contribution in [3.63, 3.8) is 0 Å². The molecule has 0 aromatic heterocycles. The molecule has 0 aromatic carbocycles. The van der Waals surface area contributed by atoms with Crippen LogP contribution in [0, 0.1) is 0 Å². The highest BCUT2D eigenvalue weighted by molar-refractivity contribution is 5.58. The standard InChI is InChI=1S/C2H6N2O2/c5-3-1-2-4-6/h1,4-6H,2H2/b3-1+. The Labute approximate surface area is 35.0 Å². The van der Waals surface area contributed by atoms with Crippen LogP contribution in [-0.4, -0.2) is 23.2 Å². The Hall–Kier alpha value is -0.610. The van der Waals surface area contributed by atoms with Gasteiger partial charge in [0.1, 0.15) is 0 Å². The third-order valence-electron chi connectivity index (χ3n) is 0.264. The quantitative estimate of drug-likeness (QED) is 0.241. The predicted octanol–water partition coefficient (Wildman–Crippen LogP) is -0.575. The average molecular weight is 90.1 g/mol. The minimum atomic E-state index is 0.177. The number of nitrogens with zero attached hydrogens (tertiary/aromatic N) is 1. The number of oxime groups is 1. The zero-order valence-corrected chi connectivity index (χ0v) is 3.13. The number of hydrogen-bond donors (Lipinski definition) is 3. The molecular formula is C2H6N2O2. The largest absolute Gasteiger partial charge is 0.411 e. The normalized spacial score (nSPS) is 10.2. The van der Waals surface area contributed by atoms with Crippen LogP contribution in [0.4, 0.5) is 0 Å². The maximum atomic E-state index is 7.74. The van der Waals surface area contributed by atoms with Gasteiger partial charge in [0.05, 0.1) is 12.8 Å². The van der Waals surface area contributed by atoms with E-state index in [2.05, 4.69) is 5.16 Å². The molecule has 0 atom stereocenters. The van der Waals surface area contributed by atoms with Gasteiger partial charge < -0.3 is 10.4 Å². The molecule has 0 unspecified atom stereocenters. The summed E-state index contributed by atoms with van der Waals surface area (Å²) >= 11 is 0. The zero-order valence-electron chi connectivity index (χ0n) is 3.13. The monoisotopic (exact) mass is 90.0 g/mol. The van der Waals surface area contributed by atoms with Crippen molar-refractivity contribution >= 4 is 6.21 Å². The second kappa shape index (κ2) is 4.39. The van der Waals surface area contributed by atoms with Crippen molar-refractivity contribution in [2.75, 3.05) is 6.54 Å². The molecule has 0 aliphatic rings. The average Bonchev–Trinajstić information content (AvgIpc) is 1.61. The van der Waals surface area contributed by atoms with Crippen molar-refractivity contribution in [3.05, 3.63) is 0 Å². The lowest BCUT2D eigenvalue weighted by Gasteiger charge is -1.79. The first-order valence-electron chi connectivity index (χ1n) is 1.44. The molecule has 0 bridgehead atoms. The van der Waals surface area contributed by atoms with Crippen LogP contribution in [0.2, 0.25) is 0 Å². The van der Waals surface area contributed by atoms with Crippen LogP contribution in [0.3, 0.4) is 0 Å². The fourth-order valence-corrected chi connectivity index (χ4v) is 0.0816. The summed E-state index contributed by atoms with van der Waals surface area (Å²) in [5.74, 6) is 0. The highest BCUT2D eigenvalue weighted by atomic mass is 16.5. The second-order valence-electron chi connectivity index (χ2n) is 0.660. The van der Waals surface area contributed by atoms with Gasteiger partial charge in [0.2, 0.25) is 0 Å². The van der Waals surface area contributed by atoms with Gasteiger partial charge in [-0.15, -0.1) is 5.16 Å². The lowest BCUT2D eigenvalue weighted by Crippen LogP contribution is -2.08. The van der Waals surface area contributed by atoms with E-state index in [1.54, 1.807) is 5.48 Å². The molecule has 6 heavy (non-hydrogen) atoms. The van der Waals surface area contributed by atoms with Crippen LogP contribution in [0.25, 0.3) is 0 Å². The predicted molar refractivity (Wildman–Crippen MR) is 20.1 cm³/mol. The zero-order chi connectivity index (χ0) is 4.83. The maximum Gasteiger partial charge on any atom is 0.0597 e. The summed E-state index contributed by atoms with van der Waals surface area (Å²) in [6.45, 7) is 0.177. The van der Waals surface area contributed by atoms with Gasteiger partial charge >= 0.3 is 0 Å². The first-order valence-corrected chi connectivity index (χ1v) is 1.44. The van der Waals surface area contributed by atoms with E-state index >= 15 is 0 Å². The molecule has 0 spiro atoms. The van der Waals surface area contributed by atoms with Crippen LogP contribution in [0.1, 0.15) is 0 Å². The SMILES string of the molecule is O/N=C/CNO. The van der Waals surface area contributed by atoms with Crippen LogP contribution in [-0.2, 0) is 0 Å². The van der Waals surface area contributed by atoms with Gasteiger partial charge in [-0.05, 0) is 0 Å². The van der Waals surface area contributed by atoms with Crippen LogP contribution in [0.15, 0.2) is 5.16 Å². The third-order valence-corrected chi connectivity index (χ3v) is 0.264. The van der Waals surface area contributed by atoms with Crippen LogP contribution in [0.5, 0.6) is 0 Å². The Morgan fingerprint density at radius 2 is 2.50 bits per heavy atom. The molecule has 0 saturated carbocycles. The van der Waals surface area contributed by atoms with Gasteiger partial charge in [-0.2, -0.15) is 0 Å². The maximum absolute atomic E-state index is 7.74. The van der Waals surface area contributed by atoms with Gasteiger partial charge in [0.15, 0.2) is 0 Å². The second-order valence-corrected chi connectivity index (χ2v) is 0.660. The van der Waals surface area contributed by atoms with Crippen molar-refractivity contribution in [1.29, 1.82) is 0 Å². The van der Waals surface area contributed by atoms with Crippen molar-refractivity contribution in [2.45, 2.75) is 0 Å². The summed E-state index contributed by atoms with van der Waals surface area (Å²) in [4.78, 5) is 0. The molecule has 4 nitrogen and oxygen atoms in total. The highest BCUT2D eigenvalue weighted by Crippen LogP contribution is 1.45. The van der Waals surface area contributed by atoms with Gasteiger partial charge in [-0.1, -0.05) is 0 Å². The molecule has 4 heteroatoms. The van der Waals surface area contributed by atoms with E-state index in [0.717, 1.165) is 6.21 Å². The first kappa shape index (κ1) is 5.39. The lowest BCUT2D eigenvalue weighted by atomic mass is 10.8. The molecule has 3 N–H and O–H groups in total. The highest BCUT2D eigenvalue weighted by Gasteiger charge is 1.65. The summed E-state index contributed by atoms with van der Waals surface area (Å²) in [6, 6.07) is 0. The van der Waals surface area contributed by atoms with E-state index in [1.165, 1.54) is 0 Å². The minimum absolute atomic E-state index is 0.177. The Morgan fingerprint density at radius 1 is 1.83 bits per heavy atom. The smallest absolute Gasteiger partial charge is 0.0597 e. The molecule has 0 radical (unpaired) electrons. The van der Waals surface area contributed by atoms with E-state index in [1.807, 2.05) is 0 Å². The Bertz CT molecular complexity index is 44.8. The Morgan fingerprint density at radius 3 is 2.67 bits per heavy atom. The molecule has 0 aromatic rings. The van der Waals surface area contributed by atoms with Gasteiger partial charge in [0.25, 0.3) is 0 Å². The topological polar surface area (TPSA) is 64.9 Å². The van der Waals surface area contributed by atoms with Crippen LogP contribution < -0.4 is 5.48 Å². The van der Waals surface area contributed by atoms with E-state index in [0.29, 0.717) is 0 Å². The molecule has 0 amide bonds. The van der Waals surface area contributed by atoms with Gasteiger partial charge in [-0.3, -0.25) is 0 Å². The summed E-state index contributed by atoms with van der Waals surface area (Å²) in [5.41, 5.74) is 1.76. The van der Waals surface area contributed by atoms with Crippen molar-refractivity contribution in [3.8, 4) is 0 Å². The molecule has 0 fully saturated rings. The number of hydroxylamine groups is 1. The molecule has 0 heterocycles. The lowest BCUT2D eigenvalue weighted by molar-refractivity contribution is 0.183. The van der Waals surface area contributed by atoms with Gasteiger partial charge in [-0.25, -0.2) is 5.48 Å². The Balaban J connectivity index is 2.66. The fourth-order valence-electron chi connectivity index (χ4n) is 0.0816. The van der Waals surface area contributed by atoms with Gasteiger partial charge in [0, 0.05) is 0 Å². The minimum Gasteiger partial charge on any atom is -0.411 e. The summed E-state index contributed by atoms with van der Waals surface area (Å²) in [5, 5.41) is 17.9. The molecule has 0 saturated heterocycles. The molecule has 36 valence electrons. The third kappa shape index (κ3) is 3.39. The summed E-state index contributed by atoms with van der Waals surface area (Å²) in [7, 11) is 0. The Kier molecular flexibility index (Phi) is 3.94. The first-order chi connectivity index (χ1) is 2.91. The van der Waals surface area contributed by atoms with Crippen molar-refractivity contribution < 1.29 is 10.4 Å². The molecule has 0 aliphatic heterocycles. The van der Waals surface area contributed by atoms with Crippen molar-refractivity contribution in [2.24, 2.45) is 5.16 Å². The number of nitrogens with one attached hydrogen (secondary N) is 1. The summed E-state index contributed by atoms with van der Waals surface area (Å²) < 4.78 is 0. The van der Waals surface area contributed by atoms with E-state index in [-0.39, 0.29) is 6.54 Å². The molecule has 0 aliphatic carbocycles. The summed E-state index contributed by atoms with van der Waals surface area (Å²) in [6.07, 6.45) is 1.12. The van der Waals surface area contributed by atoms with E-state index in [4.69, 9.17) is 10.4 Å².